The number of alkyl halides is 1. The summed E-state index contributed by atoms with van der Waals surface area (Å²) in [6.07, 6.45) is 0.860. The minimum Gasteiger partial charge on any atom is -0.207 e. The van der Waals surface area contributed by atoms with E-state index >= 15 is 0 Å². The Morgan fingerprint density at radius 2 is 1.72 bits per heavy atom. The Hall–Kier alpha value is -1.15. The third kappa shape index (κ3) is 2.99. The maximum atomic E-state index is 13.8. The van der Waals surface area contributed by atoms with Gasteiger partial charge in [0.15, 0.2) is 0 Å². The molecule has 0 bridgehead atoms. The molecule has 0 fully saturated rings. The molecule has 0 heterocycles. The Bertz CT molecular complexity index is 522. The van der Waals surface area contributed by atoms with Gasteiger partial charge in [0.25, 0.3) is 0 Å². The van der Waals surface area contributed by atoms with Crippen molar-refractivity contribution in [3.05, 3.63) is 71.0 Å². The van der Waals surface area contributed by atoms with E-state index in [0.29, 0.717) is 0 Å². The molecule has 1 atom stereocenters. The van der Waals surface area contributed by atoms with Crippen LogP contribution >= 0.6 is 15.9 Å². The van der Waals surface area contributed by atoms with Crippen molar-refractivity contribution in [1.29, 1.82) is 0 Å². The molecule has 0 spiro atoms. The van der Waals surface area contributed by atoms with Gasteiger partial charge in [-0.3, -0.25) is 0 Å². The summed E-state index contributed by atoms with van der Waals surface area (Å²) in [6, 6.07) is 15.3. The summed E-state index contributed by atoms with van der Waals surface area (Å²) in [5.41, 5.74) is 3.34. The maximum absolute atomic E-state index is 13.8. The number of rotatable bonds is 4. The van der Waals surface area contributed by atoms with Crippen molar-refractivity contribution < 1.29 is 4.39 Å². The molecule has 18 heavy (non-hydrogen) atoms. The summed E-state index contributed by atoms with van der Waals surface area (Å²) in [4.78, 5) is 0. The zero-order valence-electron chi connectivity index (χ0n) is 10.4. The van der Waals surface area contributed by atoms with Gasteiger partial charge in [-0.2, -0.15) is 0 Å². The topological polar surface area (TPSA) is 0 Å². The standard InChI is InChI=1S/C16H16BrF/c1-12-6-2-3-7-13(12)10-14(11-17)15-8-4-5-9-16(15)18/h2-9,14H,10-11H2,1H3. The minimum atomic E-state index is -0.115. The first-order valence-corrected chi connectivity index (χ1v) is 7.19. The van der Waals surface area contributed by atoms with Crippen LogP contribution in [0.2, 0.25) is 0 Å². The van der Waals surface area contributed by atoms with Crippen LogP contribution in [0.3, 0.4) is 0 Å². The van der Waals surface area contributed by atoms with Crippen molar-refractivity contribution in [2.45, 2.75) is 19.3 Å². The number of halogens is 2. The summed E-state index contributed by atoms with van der Waals surface area (Å²) in [6.45, 7) is 2.10. The first kappa shape index (κ1) is 13.3. The molecule has 0 aliphatic rings. The van der Waals surface area contributed by atoms with Crippen LogP contribution in [0, 0.1) is 12.7 Å². The van der Waals surface area contributed by atoms with Crippen LogP contribution in [-0.2, 0) is 6.42 Å². The van der Waals surface area contributed by atoms with Crippen LogP contribution < -0.4 is 0 Å². The summed E-state index contributed by atoms with van der Waals surface area (Å²) in [5, 5.41) is 0.766. The van der Waals surface area contributed by atoms with E-state index in [1.54, 1.807) is 6.07 Å². The lowest BCUT2D eigenvalue weighted by molar-refractivity contribution is 0.590. The molecule has 2 rings (SSSR count). The molecule has 94 valence electrons. The highest BCUT2D eigenvalue weighted by Crippen LogP contribution is 2.26. The monoisotopic (exact) mass is 306 g/mol. The minimum absolute atomic E-state index is 0.115. The molecule has 2 heteroatoms. The van der Waals surface area contributed by atoms with Gasteiger partial charge in [0.2, 0.25) is 0 Å². The van der Waals surface area contributed by atoms with Crippen LogP contribution in [-0.4, -0.2) is 5.33 Å². The molecule has 0 aliphatic carbocycles. The van der Waals surface area contributed by atoms with Crippen LogP contribution in [0.1, 0.15) is 22.6 Å². The third-order valence-corrected chi connectivity index (χ3v) is 4.04. The molecular weight excluding hydrogens is 291 g/mol. The molecule has 0 radical (unpaired) electrons. The molecule has 2 aromatic rings. The smallest absolute Gasteiger partial charge is 0.126 e. The van der Waals surface area contributed by atoms with Gasteiger partial charge in [-0.05, 0) is 36.1 Å². The van der Waals surface area contributed by atoms with Gasteiger partial charge >= 0.3 is 0 Å². The predicted octanol–water partition coefficient (Wildman–Crippen LogP) is 4.86. The fraction of sp³-hybridized carbons (Fsp3) is 0.250. The maximum Gasteiger partial charge on any atom is 0.126 e. The zero-order valence-corrected chi connectivity index (χ0v) is 12.0. The van der Waals surface area contributed by atoms with Crippen molar-refractivity contribution in [1.82, 2.24) is 0 Å². The Kier molecular flexibility index (Phi) is 4.54. The van der Waals surface area contributed by atoms with Gasteiger partial charge in [-0.15, -0.1) is 0 Å². The predicted molar refractivity (Wildman–Crippen MR) is 77.8 cm³/mol. The molecule has 0 amide bonds. The van der Waals surface area contributed by atoms with Crippen LogP contribution in [0.15, 0.2) is 48.5 Å². The van der Waals surface area contributed by atoms with Crippen molar-refractivity contribution in [2.75, 3.05) is 5.33 Å². The SMILES string of the molecule is Cc1ccccc1CC(CBr)c1ccccc1F. The lowest BCUT2D eigenvalue weighted by atomic mass is 9.91. The quantitative estimate of drug-likeness (QED) is 0.708. The molecule has 0 nitrogen and oxygen atoms in total. The summed E-state index contributed by atoms with van der Waals surface area (Å²) >= 11 is 3.50. The molecule has 0 saturated heterocycles. The van der Waals surface area contributed by atoms with Crippen molar-refractivity contribution in [3.63, 3.8) is 0 Å². The number of aryl methyl sites for hydroxylation is 1. The van der Waals surface area contributed by atoms with E-state index in [-0.39, 0.29) is 11.7 Å². The zero-order chi connectivity index (χ0) is 13.0. The van der Waals surface area contributed by atoms with Gasteiger partial charge in [0.1, 0.15) is 5.82 Å². The van der Waals surface area contributed by atoms with Crippen molar-refractivity contribution in [3.8, 4) is 0 Å². The van der Waals surface area contributed by atoms with E-state index in [9.17, 15) is 4.39 Å². The first-order valence-electron chi connectivity index (χ1n) is 6.07. The summed E-state index contributed by atoms with van der Waals surface area (Å²) in [7, 11) is 0. The molecule has 0 aromatic heterocycles. The van der Waals surface area contributed by atoms with Crippen molar-refractivity contribution >= 4 is 15.9 Å². The number of hydrogen-bond donors (Lipinski definition) is 0. The van der Waals surface area contributed by atoms with Gasteiger partial charge < -0.3 is 0 Å². The van der Waals surface area contributed by atoms with E-state index in [4.69, 9.17) is 0 Å². The Balaban J connectivity index is 2.26. The third-order valence-electron chi connectivity index (χ3n) is 3.26. The fourth-order valence-electron chi connectivity index (χ4n) is 2.16. The highest BCUT2D eigenvalue weighted by Gasteiger charge is 2.15. The van der Waals surface area contributed by atoms with E-state index in [2.05, 4.69) is 35.0 Å². The Morgan fingerprint density at radius 1 is 1.06 bits per heavy atom. The molecule has 2 aromatic carbocycles. The largest absolute Gasteiger partial charge is 0.207 e. The Labute approximate surface area is 116 Å². The van der Waals surface area contributed by atoms with Gasteiger partial charge in [-0.1, -0.05) is 58.4 Å². The fourth-order valence-corrected chi connectivity index (χ4v) is 2.74. The lowest BCUT2D eigenvalue weighted by Crippen LogP contribution is -2.07. The lowest BCUT2D eigenvalue weighted by Gasteiger charge is -2.16. The van der Waals surface area contributed by atoms with E-state index in [0.717, 1.165) is 17.3 Å². The highest BCUT2D eigenvalue weighted by molar-refractivity contribution is 9.09. The van der Waals surface area contributed by atoms with E-state index in [1.807, 2.05) is 24.3 Å². The molecule has 0 saturated carbocycles. The summed E-state index contributed by atoms with van der Waals surface area (Å²) in [5.74, 6) is 0.0582. The van der Waals surface area contributed by atoms with E-state index < -0.39 is 0 Å². The average Bonchev–Trinajstić information content (AvgIpc) is 2.39. The van der Waals surface area contributed by atoms with Crippen LogP contribution in [0.5, 0.6) is 0 Å². The molecule has 0 N–H and O–H groups in total. The number of hydrogen-bond acceptors (Lipinski definition) is 0. The molecule has 1 unspecified atom stereocenters. The second kappa shape index (κ2) is 6.14. The summed E-state index contributed by atoms with van der Waals surface area (Å²) < 4.78 is 13.8. The highest BCUT2D eigenvalue weighted by atomic mass is 79.9. The van der Waals surface area contributed by atoms with Gasteiger partial charge in [0.05, 0.1) is 0 Å². The van der Waals surface area contributed by atoms with Gasteiger partial charge in [-0.25, -0.2) is 4.39 Å². The van der Waals surface area contributed by atoms with Crippen LogP contribution in [0.25, 0.3) is 0 Å². The molecule has 0 aliphatic heterocycles. The van der Waals surface area contributed by atoms with Crippen LogP contribution in [0.4, 0.5) is 4.39 Å². The van der Waals surface area contributed by atoms with Gasteiger partial charge in [0, 0.05) is 11.2 Å². The van der Waals surface area contributed by atoms with Crippen molar-refractivity contribution in [2.24, 2.45) is 0 Å². The normalized spacial score (nSPS) is 12.4. The number of benzene rings is 2. The second-order valence-electron chi connectivity index (χ2n) is 4.50. The molecular formula is C16H16BrF. The average molecular weight is 307 g/mol. The first-order chi connectivity index (χ1) is 8.72. The second-order valence-corrected chi connectivity index (χ2v) is 5.15. The Morgan fingerprint density at radius 3 is 2.39 bits per heavy atom. The van der Waals surface area contributed by atoms with E-state index in [1.165, 1.54) is 17.2 Å².